The Morgan fingerprint density at radius 3 is 2.91 bits per heavy atom. The van der Waals surface area contributed by atoms with E-state index in [9.17, 15) is 9.00 Å². The average molecular weight is 343 g/mol. The van der Waals surface area contributed by atoms with Crippen LogP contribution in [0.2, 0.25) is 5.02 Å². The Morgan fingerprint density at radius 1 is 1.45 bits per heavy atom. The summed E-state index contributed by atoms with van der Waals surface area (Å²) in [4.78, 5) is 14.7. The molecule has 1 aliphatic heterocycles. The van der Waals surface area contributed by atoms with E-state index in [1.165, 1.54) is 0 Å². The van der Waals surface area contributed by atoms with Gasteiger partial charge in [0.25, 0.3) is 0 Å². The Labute approximate surface area is 139 Å². The molecule has 0 radical (unpaired) electrons. The van der Waals surface area contributed by atoms with Crippen LogP contribution < -0.4 is 5.32 Å². The summed E-state index contributed by atoms with van der Waals surface area (Å²) in [5.41, 5.74) is 1.52. The standard InChI is InChI=1S/C16H23ClN2O2S/c1-3-19-9-5-4-6-15(19)16(20)18-13-7-8-14(17)12(10-13)11-22(2)21/h7-8,10,15H,3-6,9,11H2,1-2H3,(H,18,20)/t15-,22+/m1/s1. The van der Waals surface area contributed by atoms with Crippen LogP contribution in [-0.4, -0.2) is 40.4 Å². The lowest BCUT2D eigenvalue weighted by atomic mass is 10.0. The molecule has 6 heteroatoms. The third-order valence-corrected chi connectivity index (χ3v) is 5.08. The summed E-state index contributed by atoms with van der Waals surface area (Å²) in [6, 6.07) is 5.30. The molecule has 1 aromatic carbocycles. The number of benzene rings is 1. The molecular formula is C16H23ClN2O2S. The first-order chi connectivity index (χ1) is 10.5. The smallest absolute Gasteiger partial charge is 0.241 e. The fourth-order valence-corrected chi connectivity index (χ4v) is 3.81. The van der Waals surface area contributed by atoms with Gasteiger partial charge in [-0.1, -0.05) is 24.9 Å². The van der Waals surface area contributed by atoms with Crippen molar-refractivity contribution in [2.24, 2.45) is 0 Å². The monoisotopic (exact) mass is 342 g/mol. The first-order valence-corrected chi connectivity index (χ1v) is 9.75. The maximum atomic E-state index is 12.5. The number of hydrogen-bond donors (Lipinski definition) is 1. The highest BCUT2D eigenvalue weighted by Crippen LogP contribution is 2.23. The Hall–Kier alpha value is -0.910. The predicted octanol–water partition coefficient (Wildman–Crippen LogP) is 3.03. The predicted molar refractivity (Wildman–Crippen MR) is 92.7 cm³/mol. The minimum Gasteiger partial charge on any atom is -0.325 e. The van der Waals surface area contributed by atoms with Crippen LogP contribution in [0.1, 0.15) is 31.7 Å². The van der Waals surface area contributed by atoms with Crippen LogP contribution in [0.5, 0.6) is 0 Å². The highest BCUT2D eigenvalue weighted by molar-refractivity contribution is 7.83. The van der Waals surface area contributed by atoms with Crippen molar-refractivity contribution in [1.82, 2.24) is 4.90 Å². The Bertz CT molecular complexity index is 565. The molecule has 0 bridgehead atoms. The normalized spacial score (nSPS) is 20.6. The van der Waals surface area contributed by atoms with E-state index >= 15 is 0 Å². The van der Waals surface area contributed by atoms with Crippen LogP contribution in [0.15, 0.2) is 18.2 Å². The summed E-state index contributed by atoms with van der Waals surface area (Å²) in [5, 5.41) is 3.56. The zero-order valence-electron chi connectivity index (χ0n) is 13.1. The minimum absolute atomic E-state index is 0.0347. The molecule has 0 aromatic heterocycles. The molecule has 1 fully saturated rings. The zero-order valence-corrected chi connectivity index (χ0v) is 14.7. The number of halogens is 1. The van der Waals surface area contributed by atoms with Crippen LogP contribution in [-0.2, 0) is 21.3 Å². The lowest BCUT2D eigenvalue weighted by Crippen LogP contribution is -2.46. The van der Waals surface area contributed by atoms with E-state index in [1.807, 2.05) is 6.07 Å². The molecule has 1 aliphatic rings. The maximum absolute atomic E-state index is 12.5. The Morgan fingerprint density at radius 2 is 2.23 bits per heavy atom. The number of rotatable bonds is 5. The van der Waals surface area contributed by atoms with Crippen LogP contribution in [0.3, 0.4) is 0 Å². The van der Waals surface area contributed by atoms with Crippen LogP contribution in [0.4, 0.5) is 5.69 Å². The summed E-state index contributed by atoms with van der Waals surface area (Å²) >= 11 is 6.12. The van der Waals surface area contributed by atoms with Gasteiger partial charge in [-0.05, 0) is 49.7 Å². The summed E-state index contributed by atoms with van der Waals surface area (Å²) in [6.45, 7) is 3.95. The van der Waals surface area contributed by atoms with Gasteiger partial charge >= 0.3 is 0 Å². The van der Waals surface area contributed by atoms with Gasteiger partial charge in [0.1, 0.15) is 0 Å². The summed E-state index contributed by atoms with van der Waals surface area (Å²) in [5.74, 6) is 0.431. The van der Waals surface area contributed by atoms with Gasteiger partial charge in [-0.3, -0.25) is 13.9 Å². The zero-order chi connectivity index (χ0) is 16.1. The van der Waals surface area contributed by atoms with Crippen LogP contribution >= 0.6 is 11.6 Å². The van der Waals surface area contributed by atoms with Crippen molar-refractivity contribution >= 4 is 34.0 Å². The number of amides is 1. The first-order valence-electron chi connectivity index (χ1n) is 7.64. The largest absolute Gasteiger partial charge is 0.325 e. The van der Waals surface area contributed by atoms with Crippen molar-refractivity contribution in [3.05, 3.63) is 28.8 Å². The van der Waals surface area contributed by atoms with Crippen LogP contribution in [0.25, 0.3) is 0 Å². The number of nitrogens with one attached hydrogen (secondary N) is 1. The molecule has 0 spiro atoms. The number of hydrogen-bond acceptors (Lipinski definition) is 3. The van der Waals surface area contributed by atoms with E-state index in [2.05, 4.69) is 17.1 Å². The topological polar surface area (TPSA) is 49.4 Å². The minimum atomic E-state index is -0.965. The van der Waals surface area contributed by atoms with Crippen molar-refractivity contribution in [2.45, 2.75) is 38.0 Å². The average Bonchev–Trinajstić information content (AvgIpc) is 2.50. The molecule has 1 aromatic rings. The number of piperidine rings is 1. The number of anilines is 1. The van der Waals surface area contributed by atoms with Gasteiger partial charge in [0.05, 0.1) is 6.04 Å². The molecule has 1 N–H and O–H groups in total. The van der Waals surface area contributed by atoms with Crippen molar-refractivity contribution < 1.29 is 9.00 Å². The van der Waals surface area contributed by atoms with Crippen molar-refractivity contribution in [3.63, 3.8) is 0 Å². The van der Waals surface area contributed by atoms with E-state index < -0.39 is 10.8 Å². The quantitative estimate of drug-likeness (QED) is 0.894. The van der Waals surface area contributed by atoms with E-state index in [0.29, 0.717) is 10.8 Å². The van der Waals surface area contributed by atoms with E-state index in [1.54, 1.807) is 18.4 Å². The van der Waals surface area contributed by atoms with Crippen molar-refractivity contribution in [1.29, 1.82) is 0 Å². The second-order valence-electron chi connectivity index (χ2n) is 5.65. The molecule has 0 unspecified atom stereocenters. The number of likely N-dealkylation sites (tertiary alicyclic amines) is 1. The highest BCUT2D eigenvalue weighted by atomic mass is 35.5. The molecular weight excluding hydrogens is 320 g/mol. The number of likely N-dealkylation sites (N-methyl/N-ethyl adjacent to an activating group) is 1. The molecule has 4 nitrogen and oxygen atoms in total. The molecule has 1 amide bonds. The Balaban J connectivity index is 2.09. The van der Waals surface area contributed by atoms with Crippen molar-refractivity contribution in [3.8, 4) is 0 Å². The van der Waals surface area contributed by atoms with Crippen molar-refractivity contribution in [2.75, 3.05) is 24.7 Å². The van der Waals surface area contributed by atoms with Gasteiger partial charge in [-0.2, -0.15) is 0 Å². The van der Waals surface area contributed by atoms with Gasteiger partial charge in [0.15, 0.2) is 0 Å². The molecule has 22 heavy (non-hydrogen) atoms. The van der Waals surface area contributed by atoms with Crippen LogP contribution in [0, 0.1) is 0 Å². The third-order valence-electron chi connectivity index (χ3n) is 3.99. The highest BCUT2D eigenvalue weighted by Gasteiger charge is 2.27. The number of carbonyl (C=O) groups is 1. The van der Waals surface area contributed by atoms with E-state index in [-0.39, 0.29) is 11.9 Å². The second kappa shape index (κ2) is 8.09. The van der Waals surface area contributed by atoms with Gasteiger partial charge in [0.2, 0.25) is 5.91 Å². The van der Waals surface area contributed by atoms with Gasteiger partial charge < -0.3 is 5.32 Å². The maximum Gasteiger partial charge on any atom is 0.241 e. The summed E-state index contributed by atoms with van der Waals surface area (Å²) in [6.07, 6.45) is 4.79. The fraction of sp³-hybridized carbons (Fsp3) is 0.562. The summed E-state index contributed by atoms with van der Waals surface area (Å²) < 4.78 is 11.4. The van der Waals surface area contributed by atoms with Gasteiger partial charge in [0, 0.05) is 33.5 Å². The molecule has 1 heterocycles. The summed E-state index contributed by atoms with van der Waals surface area (Å²) in [7, 11) is -0.965. The Kier molecular flexibility index (Phi) is 6.41. The van der Waals surface area contributed by atoms with E-state index in [4.69, 9.17) is 11.6 Å². The fourth-order valence-electron chi connectivity index (χ4n) is 2.87. The molecule has 2 atom stereocenters. The number of carbonyl (C=O) groups excluding carboxylic acids is 1. The van der Waals surface area contributed by atoms with Gasteiger partial charge in [-0.15, -0.1) is 0 Å². The lowest BCUT2D eigenvalue weighted by Gasteiger charge is -2.33. The molecule has 2 rings (SSSR count). The first kappa shape index (κ1) is 17.4. The number of nitrogens with zero attached hydrogens (tertiary/aromatic N) is 1. The van der Waals surface area contributed by atoms with Gasteiger partial charge in [-0.25, -0.2) is 0 Å². The molecule has 0 aliphatic carbocycles. The third kappa shape index (κ3) is 4.54. The molecule has 1 saturated heterocycles. The second-order valence-corrected chi connectivity index (χ2v) is 7.50. The lowest BCUT2D eigenvalue weighted by molar-refractivity contribution is -0.122. The van der Waals surface area contributed by atoms with E-state index in [0.717, 1.165) is 43.6 Å². The SMILES string of the molecule is CCN1CCCC[C@@H]1C(=O)Nc1ccc(Cl)c(C[S@](C)=O)c1. The molecule has 122 valence electrons. The molecule has 0 saturated carbocycles.